The van der Waals surface area contributed by atoms with Crippen LogP contribution < -0.4 is 4.90 Å². The minimum Gasteiger partial charge on any atom is -0.462 e. The molecule has 3 heterocycles. The van der Waals surface area contributed by atoms with Gasteiger partial charge in [0.2, 0.25) is 17.6 Å². The summed E-state index contributed by atoms with van der Waals surface area (Å²) in [5, 5.41) is 3.94. The van der Waals surface area contributed by atoms with Crippen LogP contribution in [0.4, 0.5) is 5.69 Å². The molecule has 154 valence electrons. The Bertz CT molecular complexity index is 1000. The summed E-state index contributed by atoms with van der Waals surface area (Å²) in [5.74, 6) is 0.709. The third-order valence-corrected chi connectivity index (χ3v) is 4.89. The monoisotopic (exact) mass is 406 g/mol. The number of ether oxygens (including phenoxy) is 1. The van der Waals surface area contributed by atoms with Crippen molar-refractivity contribution in [3.63, 3.8) is 0 Å². The number of nitrogens with zero attached hydrogens (tertiary/aromatic N) is 4. The fourth-order valence-electron chi connectivity index (χ4n) is 3.30. The van der Waals surface area contributed by atoms with Crippen LogP contribution in [-0.4, -0.2) is 40.2 Å². The topological polar surface area (TPSA) is 98.4 Å². The van der Waals surface area contributed by atoms with Crippen LogP contribution in [0.2, 0.25) is 0 Å². The fourth-order valence-corrected chi connectivity index (χ4v) is 3.30. The van der Waals surface area contributed by atoms with E-state index in [0.29, 0.717) is 36.5 Å². The first-order valence-corrected chi connectivity index (χ1v) is 10.0. The Kier molecular flexibility index (Phi) is 6.12. The van der Waals surface area contributed by atoms with Crippen molar-refractivity contribution in [2.75, 3.05) is 18.1 Å². The number of hydrogen-bond donors (Lipinski definition) is 0. The zero-order valence-electron chi connectivity index (χ0n) is 16.5. The van der Waals surface area contributed by atoms with Crippen LogP contribution in [0.1, 0.15) is 41.9 Å². The van der Waals surface area contributed by atoms with Gasteiger partial charge in [-0.25, -0.2) is 4.79 Å². The lowest BCUT2D eigenvalue weighted by molar-refractivity contribution is -0.119. The molecule has 1 aliphatic heterocycles. The number of anilines is 1. The van der Waals surface area contributed by atoms with Crippen LogP contribution >= 0.6 is 0 Å². The van der Waals surface area contributed by atoms with Gasteiger partial charge in [-0.2, -0.15) is 4.98 Å². The summed E-state index contributed by atoms with van der Waals surface area (Å²) in [6.45, 7) is 0.969. The van der Waals surface area contributed by atoms with Crippen LogP contribution in [0, 0.1) is 0 Å². The predicted molar refractivity (Wildman–Crippen MR) is 109 cm³/mol. The van der Waals surface area contributed by atoms with E-state index in [9.17, 15) is 9.59 Å². The highest BCUT2D eigenvalue weighted by Crippen LogP contribution is 2.21. The SMILES string of the molecule is O=C(OCCCc1nc(-c2cccnc2)no1)c1ccc(N2CCCCC2=O)cc1. The first-order valence-electron chi connectivity index (χ1n) is 10.0. The molecule has 0 radical (unpaired) electrons. The molecule has 8 heteroatoms. The van der Waals surface area contributed by atoms with Gasteiger partial charge in [-0.15, -0.1) is 0 Å². The Balaban J connectivity index is 1.24. The third-order valence-electron chi connectivity index (χ3n) is 4.89. The molecule has 1 aliphatic rings. The standard InChI is InChI=1S/C22H22N4O4/c27-20-7-1-2-13-26(20)18-10-8-16(9-11-18)22(28)29-14-4-6-19-24-21(25-30-19)17-5-3-12-23-15-17/h3,5,8-12,15H,1-2,4,6-7,13-14H2. The van der Waals surface area contributed by atoms with Crippen LogP contribution in [-0.2, 0) is 16.0 Å². The minimum atomic E-state index is -0.395. The molecule has 0 bridgehead atoms. The first kappa shape index (κ1) is 19.8. The molecular weight excluding hydrogens is 384 g/mol. The summed E-state index contributed by atoms with van der Waals surface area (Å²) in [5.41, 5.74) is 2.06. The molecule has 0 saturated carbocycles. The van der Waals surface area contributed by atoms with Gasteiger partial charge in [0, 0.05) is 43.0 Å². The molecule has 3 aromatic rings. The zero-order chi connectivity index (χ0) is 20.8. The predicted octanol–water partition coefficient (Wildman–Crippen LogP) is 3.44. The van der Waals surface area contributed by atoms with E-state index in [-0.39, 0.29) is 12.5 Å². The number of esters is 1. The molecule has 0 aliphatic carbocycles. The first-order chi connectivity index (χ1) is 14.7. The Morgan fingerprint density at radius 1 is 1.17 bits per heavy atom. The Labute approximate surface area is 173 Å². The molecule has 1 saturated heterocycles. The van der Waals surface area contributed by atoms with E-state index in [0.717, 1.165) is 30.6 Å². The van der Waals surface area contributed by atoms with E-state index in [2.05, 4.69) is 15.1 Å². The highest BCUT2D eigenvalue weighted by atomic mass is 16.5. The molecule has 0 atom stereocenters. The second kappa shape index (κ2) is 9.30. The quantitative estimate of drug-likeness (QED) is 0.438. The van der Waals surface area contributed by atoms with E-state index in [4.69, 9.17) is 9.26 Å². The van der Waals surface area contributed by atoms with Crippen molar-refractivity contribution in [2.45, 2.75) is 32.1 Å². The smallest absolute Gasteiger partial charge is 0.338 e. The molecule has 2 aromatic heterocycles. The second-order valence-electron chi connectivity index (χ2n) is 7.04. The van der Waals surface area contributed by atoms with E-state index in [1.54, 1.807) is 41.6 Å². The van der Waals surface area contributed by atoms with Crippen molar-refractivity contribution >= 4 is 17.6 Å². The number of aryl methyl sites for hydroxylation is 1. The normalized spacial score (nSPS) is 14.0. The fraction of sp³-hybridized carbons (Fsp3) is 0.318. The number of aromatic nitrogens is 3. The molecule has 0 spiro atoms. The maximum Gasteiger partial charge on any atom is 0.338 e. The lowest BCUT2D eigenvalue weighted by Gasteiger charge is -2.26. The van der Waals surface area contributed by atoms with Crippen molar-refractivity contribution in [3.8, 4) is 11.4 Å². The number of pyridine rings is 1. The highest BCUT2D eigenvalue weighted by Gasteiger charge is 2.20. The maximum absolute atomic E-state index is 12.2. The van der Waals surface area contributed by atoms with Gasteiger partial charge >= 0.3 is 5.97 Å². The van der Waals surface area contributed by atoms with Crippen molar-refractivity contribution in [1.29, 1.82) is 0 Å². The largest absolute Gasteiger partial charge is 0.462 e. The third kappa shape index (κ3) is 4.71. The minimum absolute atomic E-state index is 0.129. The summed E-state index contributed by atoms with van der Waals surface area (Å²) in [6.07, 6.45) is 6.95. The molecule has 0 N–H and O–H groups in total. The van der Waals surface area contributed by atoms with Crippen molar-refractivity contribution in [3.05, 3.63) is 60.2 Å². The lowest BCUT2D eigenvalue weighted by atomic mass is 10.1. The Morgan fingerprint density at radius 3 is 2.80 bits per heavy atom. The summed E-state index contributed by atoms with van der Waals surface area (Å²) in [4.78, 5) is 34.4. The van der Waals surface area contributed by atoms with Crippen LogP contribution in [0.25, 0.3) is 11.4 Å². The second-order valence-corrected chi connectivity index (χ2v) is 7.04. The van der Waals surface area contributed by atoms with Crippen LogP contribution in [0.15, 0.2) is 53.3 Å². The van der Waals surface area contributed by atoms with Gasteiger partial charge in [-0.3, -0.25) is 9.78 Å². The molecule has 0 unspecified atom stereocenters. The number of hydrogen-bond acceptors (Lipinski definition) is 7. The molecule has 30 heavy (non-hydrogen) atoms. The van der Waals surface area contributed by atoms with Crippen LogP contribution in [0.3, 0.4) is 0 Å². The summed E-state index contributed by atoms with van der Waals surface area (Å²) in [6, 6.07) is 10.6. The molecule has 1 fully saturated rings. The van der Waals surface area contributed by atoms with Gasteiger partial charge in [-0.1, -0.05) is 5.16 Å². The van der Waals surface area contributed by atoms with Gasteiger partial charge in [-0.05, 0) is 55.7 Å². The van der Waals surface area contributed by atoms with Crippen molar-refractivity contribution in [1.82, 2.24) is 15.1 Å². The molecular formula is C22H22N4O4. The maximum atomic E-state index is 12.2. The number of benzene rings is 1. The Hall–Kier alpha value is -3.55. The van der Waals surface area contributed by atoms with E-state index < -0.39 is 5.97 Å². The average molecular weight is 406 g/mol. The molecule has 4 rings (SSSR count). The summed E-state index contributed by atoms with van der Waals surface area (Å²) >= 11 is 0. The van der Waals surface area contributed by atoms with Crippen LogP contribution in [0.5, 0.6) is 0 Å². The van der Waals surface area contributed by atoms with Crippen molar-refractivity contribution in [2.24, 2.45) is 0 Å². The number of rotatable bonds is 7. The van der Waals surface area contributed by atoms with Gasteiger partial charge in [0.1, 0.15) is 0 Å². The molecule has 8 nitrogen and oxygen atoms in total. The summed E-state index contributed by atoms with van der Waals surface area (Å²) in [7, 11) is 0. The molecule has 1 amide bonds. The number of carbonyl (C=O) groups is 2. The van der Waals surface area contributed by atoms with E-state index in [1.807, 2.05) is 12.1 Å². The van der Waals surface area contributed by atoms with Gasteiger partial charge < -0.3 is 14.2 Å². The van der Waals surface area contributed by atoms with Gasteiger partial charge in [0.15, 0.2) is 0 Å². The zero-order valence-corrected chi connectivity index (χ0v) is 16.5. The molecule has 1 aromatic carbocycles. The summed E-state index contributed by atoms with van der Waals surface area (Å²) < 4.78 is 10.6. The highest BCUT2D eigenvalue weighted by molar-refractivity contribution is 5.95. The van der Waals surface area contributed by atoms with Gasteiger partial charge in [0.05, 0.1) is 12.2 Å². The number of piperidine rings is 1. The Morgan fingerprint density at radius 2 is 2.03 bits per heavy atom. The van der Waals surface area contributed by atoms with Crippen molar-refractivity contribution < 1.29 is 18.8 Å². The lowest BCUT2D eigenvalue weighted by Crippen LogP contribution is -2.35. The van der Waals surface area contributed by atoms with E-state index in [1.165, 1.54) is 0 Å². The van der Waals surface area contributed by atoms with E-state index >= 15 is 0 Å². The number of carbonyl (C=O) groups excluding carboxylic acids is 2. The number of amides is 1. The average Bonchev–Trinajstić information content (AvgIpc) is 3.27. The van der Waals surface area contributed by atoms with Gasteiger partial charge in [0.25, 0.3) is 0 Å².